The van der Waals surface area contributed by atoms with Gasteiger partial charge in [0.15, 0.2) is 0 Å². The average molecular weight is 380 g/mol. The second-order valence-corrected chi connectivity index (χ2v) is 6.74. The van der Waals surface area contributed by atoms with Crippen LogP contribution in [0.4, 0.5) is 14.5 Å². The van der Waals surface area contributed by atoms with E-state index in [4.69, 9.17) is 0 Å². The van der Waals surface area contributed by atoms with Gasteiger partial charge in [0, 0.05) is 23.3 Å². The summed E-state index contributed by atoms with van der Waals surface area (Å²) in [7, 11) is 0. The summed E-state index contributed by atoms with van der Waals surface area (Å²) in [6.07, 6.45) is 3.66. The molecule has 0 aliphatic heterocycles. The quantitative estimate of drug-likeness (QED) is 0.482. The number of para-hydroxylation sites is 1. The molecule has 1 N–H and O–H groups in total. The summed E-state index contributed by atoms with van der Waals surface area (Å²) in [5, 5.41) is 4.47. The molecule has 0 saturated carbocycles. The fraction of sp³-hybridized carbons (Fsp3) is 0. The molecule has 0 fully saturated rings. The molecule has 0 aliphatic carbocycles. The van der Waals surface area contributed by atoms with E-state index in [2.05, 4.69) is 5.32 Å². The number of anilines is 1. The monoisotopic (exact) mass is 380 g/mol. The Bertz CT molecular complexity index is 1090. The predicted molar refractivity (Wildman–Crippen MR) is 103 cm³/mol. The van der Waals surface area contributed by atoms with Gasteiger partial charge in [-0.25, -0.2) is 8.78 Å². The smallest absolute Gasteiger partial charge is 0.267 e. The number of nitrogens with one attached hydrogen (secondary N) is 1. The van der Waals surface area contributed by atoms with Crippen molar-refractivity contribution in [3.05, 3.63) is 94.9 Å². The summed E-state index contributed by atoms with van der Waals surface area (Å²) in [5.41, 5.74) is 2.39. The van der Waals surface area contributed by atoms with Gasteiger partial charge in [0.1, 0.15) is 16.5 Å². The molecule has 0 atom stereocenters. The minimum Gasteiger partial charge on any atom is -0.322 e. The Hall–Kier alpha value is -3.25. The lowest BCUT2D eigenvalue weighted by molar-refractivity contribution is 0.103. The Morgan fingerprint density at radius 2 is 1.63 bits per heavy atom. The number of rotatable bonds is 4. The van der Waals surface area contributed by atoms with E-state index in [1.807, 2.05) is 34.5 Å². The van der Waals surface area contributed by atoms with Crippen molar-refractivity contribution in [2.24, 2.45) is 0 Å². The molecule has 0 unspecified atom stereocenters. The highest BCUT2D eigenvalue weighted by atomic mass is 32.1. The molecule has 0 radical (unpaired) electrons. The molecule has 6 heteroatoms. The van der Waals surface area contributed by atoms with Crippen LogP contribution < -0.4 is 5.32 Å². The molecule has 27 heavy (non-hydrogen) atoms. The largest absolute Gasteiger partial charge is 0.322 e. The molecule has 2 aromatic carbocycles. The fourth-order valence-corrected chi connectivity index (χ4v) is 3.80. The van der Waals surface area contributed by atoms with E-state index in [9.17, 15) is 13.6 Å². The van der Waals surface area contributed by atoms with Gasteiger partial charge in [-0.3, -0.25) is 4.79 Å². The van der Waals surface area contributed by atoms with Crippen molar-refractivity contribution >= 4 is 22.9 Å². The molecule has 1 amide bonds. The summed E-state index contributed by atoms with van der Waals surface area (Å²) in [6, 6.07) is 15.8. The molecule has 2 heterocycles. The van der Waals surface area contributed by atoms with Crippen LogP contribution in [0.1, 0.15) is 9.67 Å². The number of carbonyl (C=O) groups is 1. The van der Waals surface area contributed by atoms with E-state index in [0.717, 1.165) is 11.1 Å². The van der Waals surface area contributed by atoms with Gasteiger partial charge in [-0.2, -0.15) is 0 Å². The first-order valence-corrected chi connectivity index (χ1v) is 9.08. The Kier molecular flexibility index (Phi) is 4.56. The van der Waals surface area contributed by atoms with E-state index in [1.165, 1.54) is 35.6 Å². The number of halogens is 2. The van der Waals surface area contributed by atoms with E-state index < -0.39 is 11.7 Å². The van der Waals surface area contributed by atoms with Crippen LogP contribution in [-0.2, 0) is 0 Å². The Morgan fingerprint density at radius 3 is 2.33 bits per heavy atom. The second kappa shape index (κ2) is 7.17. The van der Waals surface area contributed by atoms with Gasteiger partial charge >= 0.3 is 0 Å². The lowest BCUT2D eigenvalue weighted by Gasteiger charge is -2.10. The highest BCUT2D eigenvalue weighted by Gasteiger charge is 2.21. The molecule has 2 aromatic heterocycles. The molecule has 0 aliphatic rings. The molecule has 4 rings (SSSR count). The van der Waals surface area contributed by atoms with Crippen LogP contribution in [0, 0.1) is 11.6 Å². The van der Waals surface area contributed by atoms with E-state index >= 15 is 0 Å². The van der Waals surface area contributed by atoms with Gasteiger partial charge in [-0.15, -0.1) is 11.3 Å². The van der Waals surface area contributed by atoms with Gasteiger partial charge in [0.2, 0.25) is 0 Å². The molecule has 0 bridgehead atoms. The lowest BCUT2D eigenvalue weighted by Crippen LogP contribution is -2.13. The Morgan fingerprint density at radius 1 is 0.926 bits per heavy atom. The summed E-state index contributed by atoms with van der Waals surface area (Å²) in [6.45, 7) is 0. The van der Waals surface area contributed by atoms with Crippen LogP contribution in [0.2, 0.25) is 0 Å². The first-order chi connectivity index (χ1) is 13.1. The van der Waals surface area contributed by atoms with Gasteiger partial charge in [0.05, 0.1) is 11.4 Å². The average Bonchev–Trinajstić information content (AvgIpc) is 3.33. The van der Waals surface area contributed by atoms with Gasteiger partial charge in [-0.1, -0.05) is 24.3 Å². The van der Waals surface area contributed by atoms with Crippen LogP contribution in [0.5, 0.6) is 0 Å². The predicted octanol–water partition coefficient (Wildman–Crippen LogP) is 5.74. The molecular formula is C21H14F2N2OS. The van der Waals surface area contributed by atoms with Crippen molar-refractivity contribution in [1.82, 2.24) is 4.57 Å². The summed E-state index contributed by atoms with van der Waals surface area (Å²) >= 11 is 1.26. The van der Waals surface area contributed by atoms with Crippen molar-refractivity contribution in [2.45, 2.75) is 0 Å². The first-order valence-electron chi connectivity index (χ1n) is 8.20. The second-order valence-electron chi connectivity index (χ2n) is 5.86. The normalized spacial score (nSPS) is 10.7. The lowest BCUT2D eigenvalue weighted by atomic mass is 10.1. The maximum atomic E-state index is 13.9. The van der Waals surface area contributed by atoms with E-state index in [1.54, 1.807) is 24.3 Å². The molecule has 0 spiro atoms. The van der Waals surface area contributed by atoms with Crippen LogP contribution in [0.25, 0.3) is 16.8 Å². The first kappa shape index (κ1) is 17.2. The minimum atomic E-state index is -0.497. The zero-order valence-corrected chi connectivity index (χ0v) is 14.8. The number of benzene rings is 2. The fourth-order valence-electron chi connectivity index (χ4n) is 2.83. The minimum absolute atomic E-state index is 0.123. The standard InChI is InChI=1S/C21H14F2N2OS/c22-15-9-7-14(8-10-15)16-13-27-20(19(16)25-11-3-4-12-25)21(26)24-18-6-2-1-5-17(18)23/h1-13H,(H,24,26). The Labute approximate surface area is 158 Å². The van der Waals surface area contributed by atoms with E-state index in [-0.39, 0.29) is 11.5 Å². The SMILES string of the molecule is O=C(Nc1ccccc1F)c1scc(-c2ccc(F)cc2)c1-n1cccc1. The van der Waals surface area contributed by atoms with Gasteiger partial charge < -0.3 is 9.88 Å². The molecule has 0 saturated heterocycles. The third-order valence-corrected chi connectivity index (χ3v) is 5.08. The zero-order chi connectivity index (χ0) is 18.8. The summed E-state index contributed by atoms with van der Waals surface area (Å²) in [4.78, 5) is 13.3. The summed E-state index contributed by atoms with van der Waals surface area (Å²) in [5.74, 6) is -1.22. The van der Waals surface area contributed by atoms with Gasteiger partial charge in [-0.05, 0) is 42.0 Å². The number of hydrogen-bond acceptors (Lipinski definition) is 2. The Balaban J connectivity index is 1.78. The van der Waals surface area contributed by atoms with Crippen molar-refractivity contribution in [2.75, 3.05) is 5.32 Å². The highest BCUT2D eigenvalue weighted by Crippen LogP contribution is 2.35. The zero-order valence-electron chi connectivity index (χ0n) is 14.0. The van der Waals surface area contributed by atoms with Crippen LogP contribution >= 0.6 is 11.3 Å². The molecule has 4 aromatic rings. The highest BCUT2D eigenvalue weighted by molar-refractivity contribution is 7.13. The third-order valence-electron chi connectivity index (χ3n) is 4.11. The van der Waals surface area contributed by atoms with Crippen molar-refractivity contribution < 1.29 is 13.6 Å². The number of thiophene rings is 1. The number of carbonyl (C=O) groups excluding carboxylic acids is 1. The maximum Gasteiger partial charge on any atom is 0.267 e. The number of nitrogens with zero attached hydrogens (tertiary/aromatic N) is 1. The number of hydrogen-bond donors (Lipinski definition) is 1. The van der Waals surface area contributed by atoms with Gasteiger partial charge in [0.25, 0.3) is 5.91 Å². The maximum absolute atomic E-state index is 13.9. The molecule has 134 valence electrons. The van der Waals surface area contributed by atoms with Crippen LogP contribution in [0.15, 0.2) is 78.4 Å². The van der Waals surface area contributed by atoms with Crippen LogP contribution in [-0.4, -0.2) is 10.5 Å². The van der Waals surface area contributed by atoms with Crippen molar-refractivity contribution in [1.29, 1.82) is 0 Å². The molecule has 3 nitrogen and oxygen atoms in total. The summed E-state index contributed by atoms with van der Waals surface area (Å²) < 4.78 is 29.0. The molecular weight excluding hydrogens is 366 g/mol. The number of amides is 1. The van der Waals surface area contributed by atoms with Crippen molar-refractivity contribution in [3.8, 4) is 16.8 Å². The van der Waals surface area contributed by atoms with Crippen LogP contribution in [0.3, 0.4) is 0 Å². The number of aromatic nitrogens is 1. The van der Waals surface area contributed by atoms with Crippen molar-refractivity contribution in [3.63, 3.8) is 0 Å². The topological polar surface area (TPSA) is 34.0 Å². The third kappa shape index (κ3) is 3.39. The van der Waals surface area contributed by atoms with E-state index in [0.29, 0.717) is 10.6 Å².